The van der Waals surface area contributed by atoms with Crippen LogP contribution in [0.4, 0.5) is 0 Å². The number of nitrogens with two attached hydrogens (primary N) is 1. The Morgan fingerprint density at radius 1 is 1.06 bits per heavy atom. The van der Waals surface area contributed by atoms with Gasteiger partial charge < -0.3 is 15.2 Å². The zero-order valence-corrected chi connectivity index (χ0v) is 19.7. The Bertz CT molecular complexity index is 989. The van der Waals surface area contributed by atoms with Crippen LogP contribution in [0.1, 0.15) is 70.3 Å². The van der Waals surface area contributed by atoms with Crippen molar-refractivity contribution in [3.8, 4) is 0 Å². The van der Waals surface area contributed by atoms with E-state index in [-0.39, 0.29) is 17.4 Å². The summed E-state index contributed by atoms with van der Waals surface area (Å²) in [6.07, 6.45) is 8.23. The van der Waals surface area contributed by atoms with Crippen LogP contribution in [0.2, 0.25) is 0 Å². The Hall–Kier alpha value is -2.34. The second-order valence-corrected chi connectivity index (χ2v) is 9.86. The van der Waals surface area contributed by atoms with Gasteiger partial charge in [0, 0.05) is 43.2 Å². The lowest BCUT2D eigenvalue weighted by Crippen LogP contribution is -2.44. The van der Waals surface area contributed by atoms with Gasteiger partial charge in [-0.15, -0.1) is 0 Å². The van der Waals surface area contributed by atoms with Gasteiger partial charge >= 0.3 is 0 Å². The third-order valence-electron chi connectivity index (χ3n) is 7.67. The summed E-state index contributed by atoms with van der Waals surface area (Å²) < 4.78 is 1.99. The molecule has 0 aliphatic carbocycles. The Kier molecular flexibility index (Phi) is 7.19. The molecule has 0 saturated carbocycles. The number of unbranched alkanes of at least 4 members (excludes halogenated alkanes) is 2. The van der Waals surface area contributed by atoms with Crippen LogP contribution >= 0.6 is 0 Å². The number of likely N-dealkylation sites (tertiary alicyclic amines) is 2. The van der Waals surface area contributed by atoms with Crippen molar-refractivity contribution in [2.45, 2.75) is 83.3 Å². The van der Waals surface area contributed by atoms with Crippen LogP contribution in [0.3, 0.4) is 0 Å². The van der Waals surface area contributed by atoms with Gasteiger partial charge in [-0.2, -0.15) is 0 Å². The minimum absolute atomic E-state index is 0.103. The predicted octanol–water partition coefficient (Wildman–Crippen LogP) is 4.12. The number of para-hydroxylation sites is 1. The summed E-state index contributed by atoms with van der Waals surface area (Å²) in [5.74, 6) is 0.246. The van der Waals surface area contributed by atoms with E-state index in [2.05, 4.69) is 36.9 Å². The molecule has 32 heavy (non-hydrogen) atoms. The Balaban J connectivity index is 1.44. The molecule has 174 valence electrons. The number of rotatable bonds is 7. The maximum atomic E-state index is 13.5. The monoisotopic (exact) mass is 437 g/mol. The maximum absolute atomic E-state index is 13.5. The quantitative estimate of drug-likeness (QED) is 0.388. The lowest BCUT2D eigenvalue weighted by molar-refractivity contribution is 0.101. The van der Waals surface area contributed by atoms with Crippen molar-refractivity contribution in [1.82, 2.24) is 14.4 Å². The molecule has 2 fully saturated rings. The molecule has 6 heteroatoms. The average Bonchev–Trinajstić information content (AvgIpc) is 3.27. The van der Waals surface area contributed by atoms with Gasteiger partial charge in [-0.1, -0.05) is 31.0 Å². The van der Waals surface area contributed by atoms with Gasteiger partial charge in [0.15, 0.2) is 5.96 Å². The Morgan fingerprint density at radius 3 is 2.50 bits per heavy atom. The number of guanidine groups is 1. The molecular weight excluding hydrogens is 398 g/mol. The fourth-order valence-corrected chi connectivity index (χ4v) is 5.75. The first kappa shape index (κ1) is 22.8. The smallest absolute Gasteiger partial charge is 0.254 e. The zero-order valence-electron chi connectivity index (χ0n) is 19.7. The second kappa shape index (κ2) is 10.1. The zero-order chi connectivity index (χ0) is 22.7. The third-order valence-corrected chi connectivity index (χ3v) is 7.67. The van der Waals surface area contributed by atoms with Crippen LogP contribution in [0.15, 0.2) is 35.1 Å². The van der Waals surface area contributed by atoms with Crippen LogP contribution in [-0.4, -0.2) is 52.0 Å². The number of aromatic nitrogens is 1. The molecule has 2 saturated heterocycles. The average molecular weight is 438 g/mol. The first-order valence-corrected chi connectivity index (χ1v) is 12.4. The van der Waals surface area contributed by atoms with Gasteiger partial charge in [-0.3, -0.25) is 15.1 Å². The Labute approximate surface area is 191 Å². The van der Waals surface area contributed by atoms with Gasteiger partial charge in [-0.05, 0) is 70.0 Å². The van der Waals surface area contributed by atoms with Crippen molar-refractivity contribution in [2.24, 2.45) is 5.73 Å². The normalized spacial score (nSPS) is 24.3. The SMILES string of the molecule is CC1CCCC(C)N1CCCCCn1c(=O)c(C2CCN(C(=N)N)C2)cc2ccccc21. The molecule has 3 heterocycles. The molecule has 1 aromatic carbocycles. The predicted molar refractivity (Wildman–Crippen MR) is 132 cm³/mol. The van der Waals surface area contributed by atoms with Gasteiger partial charge in [0.1, 0.15) is 0 Å². The molecule has 4 rings (SSSR count). The van der Waals surface area contributed by atoms with E-state index in [0.29, 0.717) is 18.6 Å². The highest BCUT2D eigenvalue weighted by atomic mass is 16.1. The topological polar surface area (TPSA) is 78.4 Å². The minimum atomic E-state index is 0.103. The highest BCUT2D eigenvalue weighted by Gasteiger charge is 2.28. The fraction of sp³-hybridized carbons (Fsp3) is 0.615. The molecule has 1 aromatic heterocycles. The third kappa shape index (κ3) is 4.85. The first-order chi connectivity index (χ1) is 15.5. The van der Waals surface area contributed by atoms with E-state index < -0.39 is 0 Å². The molecule has 2 aliphatic rings. The number of aryl methyl sites for hydroxylation is 1. The van der Waals surface area contributed by atoms with E-state index in [1.54, 1.807) is 0 Å². The number of pyridine rings is 1. The van der Waals surface area contributed by atoms with Crippen molar-refractivity contribution >= 4 is 16.9 Å². The summed E-state index contributed by atoms with van der Waals surface area (Å²) in [6, 6.07) is 11.7. The van der Waals surface area contributed by atoms with Crippen molar-refractivity contribution in [2.75, 3.05) is 19.6 Å². The van der Waals surface area contributed by atoms with Crippen LogP contribution in [0, 0.1) is 5.41 Å². The standard InChI is InChI=1S/C26H39N5O/c1-19-9-8-10-20(2)30(19)14-6-3-7-15-31-24-12-5-4-11-21(24)17-23(25(31)32)22-13-16-29(18-22)26(27)28/h4-5,11-12,17,19-20,22H,3,6-10,13-16,18H2,1-2H3,(H3,27,28). The molecule has 0 bridgehead atoms. The molecule has 2 aliphatic heterocycles. The first-order valence-electron chi connectivity index (χ1n) is 12.4. The summed E-state index contributed by atoms with van der Waals surface area (Å²) in [5.41, 5.74) is 7.73. The molecule has 3 N–H and O–H groups in total. The van der Waals surface area contributed by atoms with Crippen LogP contribution in [0.5, 0.6) is 0 Å². The van der Waals surface area contributed by atoms with E-state index in [1.165, 1.54) is 32.2 Å². The summed E-state index contributed by atoms with van der Waals surface area (Å²) >= 11 is 0. The number of nitrogens with zero attached hydrogens (tertiary/aromatic N) is 3. The lowest BCUT2D eigenvalue weighted by atomic mass is 9.97. The van der Waals surface area contributed by atoms with E-state index >= 15 is 0 Å². The van der Waals surface area contributed by atoms with Crippen molar-refractivity contribution in [1.29, 1.82) is 5.41 Å². The second-order valence-electron chi connectivity index (χ2n) is 9.86. The van der Waals surface area contributed by atoms with Crippen LogP contribution in [-0.2, 0) is 6.54 Å². The van der Waals surface area contributed by atoms with Crippen LogP contribution < -0.4 is 11.3 Å². The van der Waals surface area contributed by atoms with Gasteiger partial charge in [0.05, 0.1) is 5.52 Å². The van der Waals surface area contributed by atoms with Gasteiger partial charge in [0.2, 0.25) is 0 Å². The van der Waals surface area contributed by atoms with Crippen molar-refractivity contribution in [3.05, 3.63) is 46.2 Å². The number of benzene rings is 1. The van der Waals surface area contributed by atoms with E-state index in [4.69, 9.17) is 11.1 Å². The summed E-state index contributed by atoms with van der Waals surface area (Å²) in [4.78, 5) is 18.0. The number of piperidine rings is 1. The van der Waals surface area contributed by atoms with E-state index in [0.717, 1.165) is 48.8 Å². The summed E-state index contributed by atoms with van der Waals surface area (Å²) in [7, 11) is 0. The molecule has 0 amide bonds. The van der Waals surface area contributed by atoms with E-state index in [1.807, 2.05) is 21.6 Å². The van der Waals surface area contributed by atoms with Crippen LogP contribution in [0.25, 0.3) is 10.9 Å². The van der Waals surface area contributed by atoms with E-state index in [9.17, 15) is 4.79 Å². The van der Waals surface area contributed by atoms with Crippen molar-refractivity contribution in [3.63, 3.8) is 0 Å². The molecule has 2 aromatic rings. The lowest BCUT2D eigenvalue weighted by Gasteiger charge is -2.39. The number of nitrogens with one attached hydrogen (secondary N) is 1. The van der Waals surface area contributed by atoms with Gasteiger partial charge in [-0.25, -0.2) is 0 Å². The molecule has 3 unspecified atom stereocenters. The number of hydrogen-bond donors (Lipinski definition) is 2. The largest absolute Gasteiger partial charge is 0.370 e. The molecule has 3 atom stereocenters. The highest BCUT2D eigenvalue weighted by molar-refractivity contribution is 5.80. The minimum Gasteiger partial charge on any atom is -0.370 e. The molecular formula is C26H39N5O. The molecule has 0 radical (unpaired) electrons. The number of hydrogen-bond acceptors (Lipinski definition) is 3. The molecule has 6 nitrogen and oxygen atoms in total. The van der Waals surface area contributed by atoms with Crippen molar-refractivity contribution < 1.29 is 0 Å². The number of fused-ring (bicyclic) bond motifs is 1. The fourth-order valence-electron chi connectivity index (χ4n) is 5.75. The highest BCUT2D eigenvalue weighted by Crippen LogP contribution is 2.27. The van der Waals surface area contributed by atoms with Gasteiger partial charge in [0.25, 0.3) is 5.56 Å². The Morgan fingerprint density at radius 2 is 1.78 bits per heavy atom. The summed E-state index contributed by atoms with van der Waals surface area (Å²) in [5, 5.41) is 8.84. The summed E-state index contributed by atoms with van der Waals surface area (Å²) in [6.45, 7) is 8.07. The molecule has 0 spiro atoms. The maximum Gasteiger partial charge on any atom is 0.254 e.